The van der Waals surface area contributed by atoms with E-state index in [1.165, 1.54) is 0 Å². The Labute approximate surface area is 121 Å². The molecule has 0 amide bonds. The van der Waals surface area contributed by atoms with Crippen LogP contribution in [0.4, 0.5) is 11.8 Å². The number of benzene rings is 1. The molecule has 4 nitrogen and oxygen atoms in total. The fourth-order valence-corrected chi connectivity index (χ4v) is 2.58. The first kappa shape index (κ1) is 14.6. The summed E-state index contributed by atoms with van der Waals surface area (Å²) in [6.07, 6.45) is 2.23. The number of anilines is 2. The summed E-state index contributed by atoms with van der Waals surface area (Å²) in [4.78, 5) is 11.6. The smallest absolute Gasteiger partial charge is 0.225 e. The molecule has 2 rings (SSSR count). The second-order valence-electron chi connectivity index (χ2n) is 5.00. The Balaban J connectivity index is 2.54. The van der Waals surface area contributed by atoms with Gasteiger partial charge in [-0.15, -0.1) is 0 Å². The van der Waals surface area contributed by atoms with Crippen molar-refractivity contribution in [2.75, 3.05) is 23.8 Å². The third-order valence-electron chi connectivity index (χ3n) is 3.74. The lowest BCUT2D eigenvalue weighted by Gasteiger charge is -2.28. The second kappa shape index (κ2) is 6.55. The van der Waals surface area contributed by atoms with E-state index in [4.69, 9.17) is 4.98 Å². The first-order chi connectivity index (χ1) is 9.71. The van der Waals surface area contributed by atoms with Crippen LogP contribution >= 0.6 is 0 Å². The highest BCUT2D eigenvalue weighted by atomic mass is 15.2. The minimum Gasteiger partial charge on any atom is -0.356 e. The molecule has 0 saturated carbocycles. The molecule has 108 valence electrons. The Morgan fingerprint density at radius 1 is 1.10 bits per heavy atom. The standard InChI is InChI=1S/C16H24N4/c1-5-12(6-2)20(4)15-13-10-8-9-11-14(13)18-16(19-15)17-7-3/h8-12H,5-7H2,1-4H3,(H,17,18,19). The van der Waals surface area contributed by atoms with E-state index in [-0.39, 0.29) is 0 Å². The predicted octanol–water partition coefficient (Wildman–Crippen LogP) is 3.69. The Morgan fingerprint density at radius 3 is 2.45 bits per heavy atom. The molecule has 0 aliphatic carbocycles. The van der Waals surface area contributed by atoms with Crippen LogP contribution in [0.15, 0.2) is 24.3 Å². The van der Waals surface area contributed by atoms with Gasteiger partial charge in [-0.05, 0) is 31.9 Å². The number of aromatic nitrogens is 2. The molecule has 0 aliphatic heterocycles. The zero-order chi connectivity index (χ0) is 14.5. The maximum Gasteiger partial charge on any atom is 0.225 e. The van der Waals surface area contributed by atoms with Crippen LogP contribution < -0.4 is 10.2 Å². The zero-order valence-corrected chi connectivity index (χ0v) is 12.8. The van der Waals surface area contributed by atoms with Gasteiger partial charge in [0, 0.05) is 25.0 Å². The largest absolute Gasteiger partial charge is 0.356 e. The molecule has 2 aromatic rings. The van der Waals surface area contributed by atoms with Crippen molar-refractivity contribution in [2.45, 2.75) is 39.7 Å². The molecule has 0 unspecified atom stereocenters. The molecule has 20 heavy (non-hydrogen) atoms. The van der Waals surface area contributed by atoms with Gasteiger partial charge in [-0.3, -0.25) is 0 Å². The lowest BCUT2D eigenvalue weighted by Crippen LogP contribution is -2.31. The van der Waals surface area contributed by atoms with E-state index in [1.54, 1.807) is 0 Å². The van der Waals surface area contributed by atoms with E-state index in [0.717, 1.165) is 36.1 Å². The first-order valence-electron chi connectivity index (χ1n) is 7.44. The van der Waals surface area contributed by atoms with E-state index < -0.39 is 0 Å². The Hall–Kier alpha value is -1.84. The fourth-order valence-electron chi connectivity index (χ4n) is 2.58. The molecule has 0 fully saturated rings. The summed E-state index contributed by atoms with van der Waals surface area (Å²) in [6.45, 7) is 7.33. The molecule has 4 heteroatoms. The van der Waals surface area contributed by atoms with Gasteiger partial charge in [0.25, 0.3) is 0 Å². The highest BCUT2D eigenvalue weighted by Gasteiger charge is 2.16. The Morgan fingerprint density at radius 2 is 1.80 bits per heavy atom. The lowest BCUT2D eigenvalue weighted by molar-refractivity contribution is 0.588. The van der Waals surface area contributed by atoms with Crippen molar-refractivity contribution in [2.24, 2.45) is 0 Å². The van der Waals surface area contributed by atoms with Crippen LogP contribution in [-0.4, -0.2) is 29.6 Å². The monoisotopic (exact) mass is 272 g/mol. The van der Waals surface area contributed by atoms with Gasteiger partial charge in [0.1, 0.15) is 5.82 Å². The van der Waals surface area contributed by atoms with Gasteiger partial charge in [0.15, 0.2) is 0 Å². The molecule has 0 saturated heterocycles. The zero-order valence-electron chi connectivity index (χ0n) is 12.8. The average Bonchev–Trinajstić information content (AvgIpc) is 2.48. The molecule has 0 spiro atoms. The minimum atomic E-state index is 0.503. The average molecular weight is 272 g/mol. The van der Waals surface area contributed by atoms with Crippen molar-refractivity contribution in [1.29, 1.82) is 0 Å². The molecule has 0 aliphatic rings. The van der Waals surface area contributed by atoms with Crippen molar-refractivity contribution >= 4 is 22.7 Å². The number of nitrogens with one attached hydrogen (secondary N) is 1. The maximum absolute atomic E-state index is 4.71. The second-order valence-corrected chi connectivity index (χ2v) is 5.00. The number of para-hydroxylation sites is 1. The van der Waals surface area contributed by atoms with Crippen molar-refractivity contribution in [3.63, 3.8) is 0 Å². The third kappa shape index (κ3) is 2.84. The van der Waals surface area contributed by atoms with E-state index in [0.29, 0.717) is 12.0 Å². The van der Waals surface area contributed by atoms with Gasteiger partial charge in [-0.1, -0.05) is 26.0 Å². The van der Waals surface area contributed by atoms with Crippen LogP contribution in [0.3, 0.4) is 0 Å². The molecular weight excluding hydrogens is 248 g/mol. The lowest BCUT2D eigenvalue weighted by atomic mass is 10.1. The fraction of sp³-hybridized carbons (Fsp3) is 0.500. The number of hydrogen-bond donors (Lipinski definition) is 1. The molecule has 0 bridgehead atoms. The first-order valence-corrected chi connectivity index (χ1v) is 7.44. The van der Waals surface area contributed by atoms with Crippen LogP contribution in [0.25, 0.3) is 10.9 Å². The summed E-state index contributed by atoms with van der Waals surface area (Å²) in [7, 11) is 2.13. The molecule has 1 N–H and O–H groups in total. The molecule has 1 heterocycles. The van der Waals surface area contributed by atoms with E-state index in [1.807, 2.05) is 18.2 Å². The van der Waals surface area contributed by atoms with Gasteiger partial charge in [0.2, 0.25) is 5.95 Å². The van der Waals surface area contributed by atoms with Gasteiger partial charge < -0.3 is 10.2 Å². The molecular formula is C16H24N4. The van der Waals surface area contributed by atoms with E-state index in [9.17, 15) is 0 Å². The van der Waals surface area contributed by atoms with Crippen LogP contribution in [0.2, 0.25) is 0 Å². The third-order valence-corrected chi connectivity index (χ3v) is 3.74. The van der Waals surface area contributed by atoms with Crippen molar-refractivity contribution in [3.05, 3.63) is 24.3 Å². The van der Waals surface area contributed by atoms with Crippen molar-refractivity contribution in [3.8, 4) is 0 Å². The normalized spacial score (nSPS) is 11.1. The van der Waals surface area contributed by atoms with Crippen LogP contribution in [-0.2, 0) is 0 Å². The summed E-state index contributed by atoms with van der Waals surface area (Å²) in [5.74, 6) is 1.72. The van der Waals surface area contributed by atoms with Crippen LogP contribution in [0, 0.1) is 0 Å². The highest BCUT2D eigenvalue weighted by Crippen LogP contribution is 2.27. The molecule has 1 aromatic carbocycles. The van der Waals surface area contributed by atoms with Gasteiger partial charge in [0.05, 0.1) is 5.52 Å². The van der Waals surface area contributed by atoms with Crippen molar-refractivity contribution in [1.82, 2.24) is 9.97 Å². The van der Waals surface area contributed by atoms with Gasteiger partial charge >= 0.3 is 0 Å². The molecule has 0 atom stereocenters. The molecule has 0 radical (unpaired) electrons. The predicted molar refractivity (Wildman–Crippen MR) is 86.5 cm³/mol. The summed E-state index contributed by atoms with van der Waals surface area (Å²) in [5.41, 5.74) is 0.992. The Kier molecular flexibility index (Phi) is 4.77. The van der Waals surface area contributed by atoms with Crippen LogP contribution in [0.5, 0.6) is 0 Å². The number of nitrogens with zero attached hydrogens (tertiary/aromatic N) is 3. The summed E-state index contributed by atoms with van der Waals surface area (Å²) < 4.78 is 0. The van der Waals surface area contributed by atoms with Crippen LogP contribution in [0.1, 0.15) is 33.6 Å². The topological polar surface area (TPSA) is 41.1 Å². The van der Waals surface area contributed by atoms with Gasteiger partial charge in [-0.25, -0.2) is 4.98 Å². The summed E-state index contributed by atoms with van der Waals surface area (Å²) >= 11 is 0. The maximum atomic E-state index is 4.71. The summed E-state index contributed by atoms with van der Waals surface area (Å²) in [6, 6.07) is 8.71. The minimum absolute atomic E-state index is 0.503. The Bertz CT molecular complexity index is 563. The SMILES string of the molecule is CCNc1nc(N(C)C(CC)CC)c2ccccc2n1. The number of rotatable bonds is 6. The summed E-state index contributed by atoms with van der Waals surface area (Å²) in [5, 5.41) is 4.34. The van der Waals surface area contributed by atoms with Gasteiger partial charge in [-0.2, -0.15) is 4.98 Å². The number of fused-ring (bicyclic) bond motifs is 1. The van der Waals surface area contributed by atoms with E-state index in [2.05, 4.69) is 49.1 Å². The highest BCUT2D eigenvalue weighted by molar-refractivity contribution is 5.90. The quantitative estimate of drug-likeness (QED) is 0.870. The van der Waals surface area contributed by atoms with Crippen molar-refractivity contribution < 1.29 is 0 Å². The molecule has 1 aromatic heterocycles. The number of hydrogen-bond acceptors (Lipinski definition) is 4. The van der Waals surface area contributed by atoms with E-state index >= 15 is 0 Å².